The number of hydrogen-bond acceptors (Lipinski definition) is 8. The molecule has 2 aliphatic heterocycles. The van der Waals surface area contributed by atoms with E-state index in [0.717, 1.165) is 12.1 Å². The number of benzene rings is 1. The Morgan fingerprint density at radius 3 is 2.66 bits per heavy atom. The maximum atomic E-state index is 15.3. The second-order valence-corrected chi connectivity index (χ2v) is 12.4. The van der Waals surface area contributed by atoms with Crippen molar-refractivity contribution in [2.24, 2.45) is 10.9 Å². The molecule has 5 heterocycles. The van der Waals surface area contributed by atoms with Crippen molar-refractivity contribution in [2.45, 2.75) is 51.2 Å². The summed E-state index contributed by atoms with van der Waals surface area (Å²) in [7, 11) is 0. The van der Waals surface area contributed by atoms with Gasteiger partial charge in [0.15, 0.2) is 0 Å². The molecule has 11 nitrogen and oxygen atoms in total. The van der Waals surface area contributed by atoms with Crippen LogP contribution in [0.5, 0.6) is 0 Å². The summed E-state index contributed by atoms with van der Waals surface area (Å²) < 4.78 is 38.7. The molecular weight excluding hydrogens is 594 g/mol. The Balaban J connectivity index is 1.15. The van der Waals surface area contributed by atoms with Crippen LogP contribution >= 0.6 is 11.6 Å². The summed E-state index contributed by atoms with van der Waals surface area (Å²) in [5.74, 6) is -1.68. The van der Waals surface area contributed by atoms with E-state index >= 15 is 8.78 Å². The molecule has 3 aromatic heterocycles. The van der Waals surface area contributed by atoms with Crippen LogP contribution in [0.1, 0.15) is 56.8 Å². The van der Waals surface area contributed by atoms with Gasteiger partial charge in [0.1, 0.15) is 17.7 Å². The molecule has 1 aliphatic carbocycles. The minimum atomic E-state index is -0.960. The lowest BCUT2D eigenvalue weighted by Gasteiger charge is -2.20. The number of tetrazole rings is 1. The van der Waals surface area contributed by atoms with Crippen molar-refractivity contribution >= 4 is 34.8 Å². The first-order chi connectivity index (χ1) is 21.0. The predicted octanol–water partition coefficient (Wildman–Crippen LogP) is 5.87. The minimum absolute atomic E-state index is 0.0164. The molecule has 44 heavy (non-hydrogen) atoms. The van der Waals surface area contributed by atoms with Crippen LogP contribution in [0.2, 0.25) is 5.02 Å². The van der Waals surface area contributed by atoms with Gasteiger partial charge in [0.05, 0.1) is 11.7 Å². The summed E-state index contributed by atoms with van der Waals surface area (Å²) >= 11 is 6.32. The summed E-state index contributed by atoms with van der Waals surface area (Å²) in [4.78, 5) is 33.6. The minimum Gasteiger partial charge on any atom is -0.444 e. The zero-order chi connectivity index (χ0) is 30.9. The summed E-state index contributed by atoms with van der Waals surface area (Å²) in [6.07, 6.45) is 1.51. The monoisotopic (exact) mass is 618 g/mol. The molecule has 1 saturated carbocycles. The van der Waals surface area contributed by atoms with Gasteiger partial charge >= 0.3 is 6.09 Å². The number of carbonyl (C=O) groups is 1. The maximum absolute atomic E-state index is 15.3. The summed E-state index contributed by atoms with van der Waals surface area (Å²) in [5.41, 5.74) is 2.24. The van der Waals surface area contributed by atoms with E-state index in [1.54, 1.807) is 43.5 Å². The Bertz CT molecular complexity index is 1970. The average molecular weight is 619 g/mol. The number of pyridine rings is 2. The normalized spacial score (nSPS) is 20.3. The topological polar surface area (TPSA) is 129 Å². The Kier molecular flexibility index (Phi) is 6.46. The van der Waals surface area contributed by atoms with Crippen molar-refractivity contribution < 1.29 is 18.3 Å². The predicted molar refractivity (Wildman–Crippen MR) is 158 cm³/mol. The first kappa shape index (κ1) is 28.0. The van der Waals surface area contributed by atoms with Crippen LogP contribution in [0.15, 0.2) is 64.5 Å². The van der Waals surface area contributed by atoms with E-state index in [4.69, 9.17) is 16.3 Å². The number of allylic oxidation sites excluding steroid dienone is 1. The zero-order valence-electron chi connectivity index (χ0n) is 23.8. The highest BCUT2D eigenvalue weighted by Gasteiger charge is 2.55. The lowest BCUT2D eigenvalue weighted by molar-refractivity contribution is 0.0635. The number of amides is 1. The van der Waals surface area contributed by atoms with E-state index in [1.165, 1.54) is 29.2 Å². The largest absolute Gasteiger partial charge is 0.444 e. The van der Waals surface area contributed by atoms with Crippen LogP contribution in [0.25, 0.3) is 22.4 Å². The molecule has 0 bridgehead atoms. The molecule has 0 saturated heterocycles. The molecule has 3 aliphatic rings. The molecule has 14 heteroatoms. The number of halogens is 3. The lowest BCUT2D eigenvalue weighted by atomic mass is 9.98. The summed E-state index contributed by atoms with van der Waals surface area (Å²) in [6.45, 7) is 5.10. The maximum Gasteiger partial charge on any atom is 0.413 e. The molecule has 4 aromatic rings. The van der Waals surface area contributed by atoms with Crippen molar-refractivity contribution in [1.82, 2.24) is 29.8 Å². The highest BCUT2D eigenvalue weighted by molar-refractivity contribution is 6.31. The van der Waals surface area contributed by atoms with Gasteiger partial charge in [-0.05, 0) is 85.5 Å². The van der Waals surface area contributed by atoms with Crippen LogP contribution in [-0.2, 0) is 4.74 Å². The lowest BCUT2D eigenvalue weighted by Crippen LogP contribution is -2.29. The SMILES string of the molecule is CC(C)(C)OC(=O)Nc1ccc(C2=C(F)N=C([C@@H]3[C@H]4C[C@H]4c4cc(-c5cc(Cl)ccc5-n5cnnn5)cc(=O)n43)C2)c(F)n1. The molecule has 224 valence electrons. The zero-order valence-corrected chi connectivity index (χ0v) is 24.5. The van der Waals surface area contributed by atoms with Crippen molar-refractivity contribution in [2.75, 3.05) is 5.32 Å². The molecule has 1 amide bonds. The third-order valence-electron chi connectivity index (χ3n) is 7.86. The molecule has 3 atom stereocenters. The van der Waals surface area contributed by atoms with E-state index in [-0.39, 0.29) is 40.8 Å². The van der Waals surface area contributed by atoms with Crippen molar-refractivity contribution in [3.8, 4) is 16.8 Å². The Morgan fingerprint density at radius 1 is 1.11 bits per heavy atom. The van der Waals surface area contributed by atoms with E-state index < -0.39 is 29.6 Å². The molecule has 1 fully saturated rings. The molecule has 0 spiro atoms. The third kappa shape index (κ3) is 4.96. The second kappa shape index (κ2) is 10.2. The van der Waals surface area contributed by atoms with Crippen LogP contribution in [0.4, 0.5) is 19.4 Å². The number of hydrogen-bond donors (Lipinski definition) is 1. The molecule has 7 rings (SSSR count). The first-order valence-corrected chi connectivity index (χ1v) is 14.3. The van der Waals surface area contributed by atoms with Crippen LogP contribution in [-0.4, -0.2) is 47.2 Å². The average Bonchev–Trinajstić information content (AvgIpc) is 3.24. The van der Waals surface area contributed by atoms with E-state index in [2.05, 4.69) is 30.8 Å². The Hall–Kier alpha value is -4.78. The smallest absolute Gasteiger partial charge is 0.413 e. The summed E-state index contributed by atoms with van der Waals surface area (Å²) in [6, 6.07) is 11.0. The number of nitrogens with one attached hydrogen (secondary N) is 1. The van der Waals surface area contributed by atoms with Crippen LogP contribution in [0, 0.1) is 11.9 Å². The molecule has 1 aromatic carbocycles. The van der Waals surface area contributed by atoms with Crippen molar-refractivity contribution in [3.63, 3.8) is 0 Å². The van der Waals surface area contributed by atoms with Crippen molar-refractivity contribution in [1.29, 1.82) is 0 Å². The van der Waals surface area contributed by atoms with Crippen molar-refractivity contribution in [3.05, 3.63) is 87.3 Å². The number of rotatable bonds is 5. The molecule has 0 unspecified atom stereocenters. The number of aromatic nitrogens is 6. The van der Waals surface area contributed by atoms with E-state index in [0.29, 0.717) is 27.5 Å². The fraction of sp³-hybridized carbons (Fsp3) is 0.300. The molecule has 1 N–H and O–H groups in total. The fourth-order valence-electron chi connectivity index (χ4n) is 6.04. The highest BCUT2D eigenvalue weighted by Crippen LogP contribution is 2.60. The second-order valence-electron chi connectivity index (χ2n) is 12.0. The first-order valence-electron chi connectivity index (χ1n) is 13.9. The molecule has 0 radical (unpaired) electrons. The van der Waals surface area contributed by atoms with E-state index in [9.17, 15) is 9.59 Å². The molecular formula is C30H25ClF2N8O3. The summed E-state index contributed by atoms with van der Waals surface area (Å²) in [5, 5.41) is 14.3. The van der Waals surface area contributed by atoms with Gasteiger partial charge < -0.3 is 9.30 Å². The Morgan fingerprint density at radius 2 is 1.93 bits per heavy atom. The standard InChI is InChI=1S/C30H25ClF2N8O3/c1-30(2,3)44-29(43)37-24-7-5-16(27(32)36-24)20-12-21(35-28(20)33)26-19-11-18(19)23-8-14(9-25(42)41(23)26)17-10-15(31)4-6-22(17)40-13-34-38-39-40/h4-10,13,18-19,26H,11-12H2,1-3H3,(H,36,37,43)/t18-,19+,26+/m1/s1. The van der Waals surface area contributed by atoms with Gasteiger partial charge in [0.2, 0.25) is 11.9 Å². The number of ether oxygens (including phenoxy) is 1. The number of aliphatic imine (C=N–C) groups is 1. The fourth-order valence-corrected chi connectivity index (χ4v) is 6.21. The van der Waals surface area contributed by atoms with Crippen LogP contribution in [0.3, 0.4) is 0 Å². The van der Waals surface area contributed by atoms with Gasteiger partial charge in [0, 0.05) is 51.5 Å². The van der Waals surface area contributed by atoms with Gasteiger partial charge in [-0.3, -0.25) is 10.1 Å². The number of fused-ring (bicyclic) bond motifs is 3. The van der Waals surface area contributed by atoms with Gasteiger partial charge in [-0.15, -0.1) is 5.10 Å². The highest BCUT2D eigenvalue weighted by atomic mass is 35.5. The quantitative estimate of drug-likeness (QED) is 0.219. The van der Waals surface area contributed by atoms with Gasteiger partial charge in [-0.1, -0.05) is 11.6 Å². The number of anilines is 1. The number of nitrogens with zero attached hydrogens (tertiary/aromatic N) is 7. The number of carbonyl (C=O) groups excluding carboxylic acids is 1. The van der Waals surface area contributed by atoms with Crippen LogP contribution < -0.4 is 10.9 Å². The van der Waals surface area contributed by atoms with E-state index in [1.807, 2.05) is 6.07 Å². The van der Waals surface area contributed by atoms with Gasteiger partial charge in [0.25, 0.3) is 5.56 Å². The van der Waals surface area contributed by atoms with Gasteiger partial charge in [-0.2, -0.15) is 13.5 Å². The third-order valence-corrected chi connectivity index (χ3v) is 8.09. The van der Waals surface area contributed by atoms with Gasteiger partial charge in [-0.25, -0.2) is 14.8 Å². The Labute approximate surface area is 254 Å².